The van der Waals surface area contributed by atoms with Crippen molar-refractivity contribution in [1.29, 1.82) is 0 Å². The highest BCUT2D eigenvalue weighted by Crippen LogP contribution is 2.32. The number of amides is 2. The van der Waals surface area contributed by atoms with E-state index in [2.05, 4.69) is 13.2 Å². The quantitative estimate of drug-likeness (QED) is 0.379. The van der Waals surface area contributed by atoms with Crippen LogP contribution < -0.4 is 0 Å². The summed E-state index contributed by atoms with van der Waals surface area (Å²) in [5.74, 6) is 0.246. The second-order valence-electron chi connectivity index (χ2n) is 7.97. The predicted octanol–water partition coefficient (Wildman–Crippen LogP) is 6.89. The third kappa shape index (κ3) is 7.24. The van der Waals surface area contributed by atoms with Gasteiger partial charge in [-0.05, 0) is 70.4 Å². The van der Waals surface area contributed by atoms with Gasteiger partial charge in [0.15, 0.2) is 0 Å². The van der Waals surface area contributed by atoms with Gasteiger partial charge in [-0.3, -0.25) is 0 Å². The first-order valence-electron chi connectivity index (χ1n) is 8.73. The molecule has 1 rings (SSSR count). The average molecular weight is 426 g/mol. The number of nitrogens with zero attached hydrogens (tertiary/aromatic N) is 1. The molecule has 0 aliphatic rings. The van der Waals surface area contributed by atoms with Gasteiger partial charge >= 0.3 is 12.2 Å². The summed E-state index contributed by atoms with van der Waals surface area (Å²) >= 11 is 6.97. The predicted molar refractivity (Wildman–Crippen MR) is 116 cm³/mol. The highest BCUT2D eigenvalue weighted by molar-refractivity contribution is 7.98. The van der Waals surface area contributed by atoms with Crippen molar-refractivity contribution in [2.24, 2.45) is 0 Å². The van der Waals surface area contributed by atoms with E-state index in [0.717, 1.165) is 32.9 Å². The fourth-order valence-corrected chi connectivity index (χ4v) is 3.18. The van der Waals surface area contributed by atoms with E-state index < -0.39 is 23.4 Å². The van der Waals surface area contributed by atoms with Crippen molar-refractivity contribution < 1.29 is 19.1 Å². The van der Waals surface area contributed by atoms with Crippen molar-refractivity contribution in [3.8, 4) is 0 Å². The van der Waals surface area contributed by atoms with Gasteiger partial charge in [-0.1, -0.05) is 25.3 Å². The van der Waals surface area contributed by atoms with Gasteiger partial charge in [0.05, 0.1) is 0 Å². The molecule has 0 aromatic heterocycles. The molecule has 5 nitrogen and oxygen atoms in total. The van der Waals surface area contributed by atoms with Crippen LogP contribution >= 0.6 is 23.5 Å². The maximum Gasteiger partial charge on any atom is 0.430 e. The number of halogens is 1. The SMILES string of the molecule is C=Cc1cc(SN(C(=O)OC(C)(C)C)C(=O)OC(C)(C)C)cc(CCl)c1C=C. The molecule has 28 heavy (non-hydrogen) atoms. The van der Waals surface area contributed by atoms with Gasteiger partial charge in [0.25, 0.3) is 0 Å². The van der Waals surface area contributed by atoms with Crippen molar-refractivity contribution >= 4 is 47.9 Å². The van der Waals surface area contributed by atoms with Gasteiger partial charge in [0.1, 0.15) is 11.2 Å². The van der Waals surface area contributed by atoms with Gasteiger partial charge in [0.2, 0.25) is 0 Å². The van der Waals surface area contributed by atoms with Crippen LogP contribution in [0, 0.1) is 0 Å². The molecule has 0 N–H and O–H groups in total. The fraction of sp³-hybridized carbons (Fsp3) is 0.429. The zero-order valence-electron chi connectivity index (χ0n) is 17.3. The number of rotatable bonds is 5. The van der Waals surface area contributed by atoms with E-state index in [1.165, 1.54) is 0 Å². The van der Waals surface area contributed by atoms with Crippen LogP contribution in [0.25, 0.3) is 12.2 Å². The summed E-state index contributed by atoms with van der Waals surface area (Å²) in [4.78, 5) is 25.9. The lowest BCUT2D eigenvalue weighted by Gasteiger charge is -2.28. The molecule has 0 unspecified atom stereocenters. The summed E-state index contributed by atoms with van der Waals surface area (Å²) in [7, 11) is 0. The van der Waals surface area contributed by atoms with Crippen molar-refractivity contribution in [2.75, 3.05) is 0 Å². The molecule has 0 bridgehead atoms. The molecule has 1 aromatic carbocycles. The number of ether oxygens (including phenoxy) is 2. The Morgan fingerprint density at radius 1 is 1.04 bits per heavy atom. The Bertz CT molecular complexity index is 735. The number of benzene rings is 1. The van der Waals surface area contributed by atoms with E-state index in [9.17, 15) is 9.59 Å². The standard InChI is InChI=1S/C21H28ClNO4S/c1-9-14-11-16(12-15(13-22)17(14)10-2)28-23(18(24)26-20(3,4)5)19(25)27-21(6,7)8/h9-12H,1-2,13H2,3-8H3. The summed E-state index contributed by atoms with van der Waals surface area (Å²) in [6, 6.07) is 3.59. The molecule has 0 heterocycles. The zero-order chi connectivity index (χ0) is 21.7. The van der Waals surface area contributed by atoms with E-state index in [-0.39, 0.29) is 5.88 Å². The maximum absolute atomic E-state index is 12.6. The molecule has 0 fully saturated rings. The highest BCUT2D eigenvalue weighted by Gasteiger charge is 2.32. The van der Waals surface area contributed by atoms with Crippen LogP contribution in [0.15, 0.2) is 30.2 Å². The highest BCUT2D eigenvalue weighted by atomic mass is 35.5. The van der Waals surface area contributed by atoms with Crippen LogP contribution in [0.2, 0.25) is 0 Å². The molecule has 1 aromatic rings. The molecule has 0 saturated heterocycles. The number of alkyl halides is 1. The Balaban J connectivity index is 3.32. The van der Waals surface area contributed by atoms with Gasteiger partial charge in [-0.15, -0.1) is 15.9 Å². The second-order valence-corrected chi connectivity index (χ2v) is 9.26. The van der Waals surface area contributed by atoms with Crippen LogP contribution in [-0.2, 0) is 15.4 Å². The van der Waals surface area contributed by atoms with Crippen molar-refractivity contribution in [3.05, 3.63) is 42.0 Å². The van der Waals surface area contributed by atoms with E-state index in [1.54, 1.807) is 65.8 Å². The lowest BCUT2D eigenvalue weighted by Crippen LogP contribution is -2.39. The summed E-state index contributed by atoms with van der Waals surface area (Å²) in [6.45, 7) is 18.0. The molecule has 7 heteroatoms. The summed E-state index contributed by atoms with van der Waals surface area (Å²) in [5.41, 5.74) is 0.931. The van der Waals surface area contributed by atoms with Crippen molar-refractivity contribution in [1.82, 2.24) is 4.31 Å². The molecule has 2 amide bonds. The number of carbonyl (C=O) groups is 2. The van der Waals surface area contributed by atoms with E-state index >= 15 is 0 Å². The largest absolute Gasteiger partial charge is 0.443 e. The van der Waals surface area contributed by atoms with Gasteiger partial charge in [0, 0.05) is 22.7 Å². The Morgan fingerprint density at radius 3 is 1.89 bits per heavy atom. The molecular weight excluding hydrogens is 398 g/mol. The normalized spacial score (nSPS) is 11.5. The molecule has 0 atom stereocenters. The van der Waals surface area contributed by atoms with Crippen molar-refractivity contribution in [2.45, 2.75) is 63.5 Å². The minimum Gasteiger partial charge on any atom is -0.443 e. The first-order valence-corrected chi connectivity index (χ1v) is 10.0. The Labute approximate surface area is 176 Å². The van der Waals surface area contributed by atoms with Crippen LogP contribution in [0.5, 0.6) is 0 Å². The van der Waals surface area contributed by atoms with Crippen LogP contribution in [0.3, 0.4) is 0 Å². The molecule has 0 aliphatic carbocycles. The number of imide groups is 1. The molecule has 0 spiro atoms. The Kier molecular flexibility index (Phi) is 8.20. The maximum atomic E-state index is 12.6. The van der Waals surface area contributed by atoms with E-state index in [4.69, 9.17) is 21.1 Å². The zero-order valence-corrected chi connectivity index (χ0v) is 18.9. The number of hydrogen-bond donors (Lipinski definition) is 0. The van der Waals surface area contributed by atoms with Crippen LogP contribution in [0.1, 0.15) is 58.2 Å². The molecular formula is C21H28ClNO4S. The molecule has 0 saturated carbocycles. The molecule has 154 valence electrons. The minimum atomic E-state index is -0.813. The second kappa shape index (κ2) is 9.52. The third-order valence-electron chi connectivity index (χ3n) is 3.15. The van der Waals surface area contributed by atoms with Crippen molar-refractivity contribution in [3.63, 3.8) is 0 Å². The lowest BCUT2D eigenvalue weighted by atomic mass is 10.0. The third-order valence-corrected chi connectivity index (χ3v) is 4.37. The number of carbonyl (C=O) groups excluding carboxylic acids is 2. The van der Waals surface area contributed by atoms with Gasteiger partial charge in [-0.2, -0.15) is 0 Å². The monoisotopic (exact) mass is 425 g/mol. The molecule has 0 radical (unpaired) electrons. The smallest absolute Gasteiger partial charge is 0.430 e. The van der Waals surface area contributed by atoms with Crippen LogP contribution in [0.4, 0.5) is 9.59 Å². The first-order chi connectivity index (χ1) is 12.8. The fourth-order valence-electron chi connectivity index (χ4n) is 2.15. The average Bonchev–Trinajstić information content (AvgIpc) is 2.55. The minimum absolute atomic E-state index is 0.246. The Hall–Kier alpha value is -1.92. The summed E-state index contributed by atoms with van der Waals surface area (Å²) in [6.07, 6.45) is 1.74. The number of hydrogen-bond acceptors (Lipinski definition) is 5. The van der Waals surface area contributed by atoms with E-state index in [0.29, 0.717) is 4.90 Å². The summed E-state index contributed by atoms with van der Waals surface area (Å²) in [5, 5.41) is 0. The lowest BCUT2D eigenvalue weighted by molar-refractivity contribution is 0.0190. The Morgan fingerprint density at radius 2 is 1.54 bits per heavy atom. The van der Waals surface area contributed by atoms with E-state index in [1.807, 2.05) is 0 Å². The van der Waals surface area contributed by atoms with Gasteiger partial charge < -0.3 is 9.47 Å². The van der Waals surface area contributed by atoms with Gasteiger partial charge in [-0.25, -0.2) is 9.59 Å². The van der Waals surface area contributed by atoms with Crippen LogP contribution in [-0.4, -0.2) is 27.7 Å². The topological polar surface area (TPSA) is 55.8 Å². The first kappa shape index (κ1) is 24.1. The molecule has 0 aliphatic heterocycles. The summed E-state index contributed by atoms with van der Waals surface area (Å²) < 4.78 is 11.6.